The number of nitrogens with zero attached hydrogens (tertiary/aromatic N) is 1. The van der Waals surface area contributed by atoms with Gasteiger partial charge in [0.1, 0.15) is 0 Å². The van der Waals surface area contributed by atoms with Crippen molar-refractivity contribution in [3.8, 4) is 0 Å². The maximum absolute atomic E-state index is 3.63. The first-order chi connectivity index (χ1) is 6.31. The zero-order valence-electron chi connectivity index (χ0n) is 8.92. The molecular formula is C11H22N2. The van der Waals surface area contributed by atoms with E-state index in [0.717, 1.165) is 18.0 Å². The lowest BCUT2D eigenvalue weighted by atomic mass is 9.91. The number of hydrogen-bond donors (Lipinski definition) is 1. The summed E-state index contributed by atoms with van der Waals surface area (Å²) in [7, 11) is 0. The van der Waals surface area contributed by atoms with Gasteiger partial charge in [-0.1, -0.05) is 6.92 Å². The molecule has 2 nitrogen and oxygen atoms in total. The van der Waals surface area contributed by atoms with E-state index in [1.807, 2.05) is 0 Å². The zero-order chi connectivity index (χ0) is 9.26. The van der Waals surface area contributed by atoms with Crippen LogP contribution in [0.2, 0.25) is 0 Å². The van der Waals surface area contributed by atoms with Crippen molar-refractivity contribution in [3.63, 3.8) is 0 Å². The number of piperidine rings is 1. The van der Waals surface area contributed by atoms with E-state index in [1.54, 1.807) is 0 Å². The van der Waals surface area contributed by atoms with Crippen LogP contribution in [-0.4, -0.2) is 36.6 Å². The molecule has 2 fully saturated rings. The van der Waals surface area contributed by atoms with E-state index >= 15 is 0 Å². The molecule has 1 N–H and O–H groups in total. The van der Waals surface area contributed by atoms with Crippen molar-refractivity contribution in [2.45, 2.75) is 45.2 Å². The van der Waals surface area contributed by atoms with E-state index in [9.17, 15) is 0 Å². The molecule has 2 heteroatoms. The van der Waals surface area contributed by atoms with Gasteiger partial charge in [0.2, 0.25) is 0 Å². The first-order valence-corrected chi connectivity index (χ1v) is 5.78. The van der Waals surface area contributed by atoms with Crippen molar-refractivity contribution in [1.82, 2.24) is 10.2 Å². The first-order valence-electron chi connectivity index (χ1n) is 5.78. The molecule has 76 valence electrons. The first kappa shape index (κ1) is 9.47. The van der Waals surface area contributed by atoms with E-state index in [2.05, 4.69) is 24.1 Å². The molecule has 0 radical (unpaired) electrons. The van der Waals surface area contributed by atoms with Crippen molar-refractivity contribution < 1.29 is 0 Å². The van der Waals surface area contributed by atoms with Crippen LogP contribution in [-0.2, 0) is 0 Å². The Labute approximate surface area is 81.7 Å². The van der Waals surface area contributed by atoms with Crippen molar-refractivity contribution >= 4 is 0 Å². The number of fused-ring (bicyclic) bond motifs is 1. The Balaban J connectivity index is 1.89. The number of nitrogens with one attached hydrogen (secondary N) is 1. The second kappa shape index (κ2) is 3.97. The highest BCUT2D eigenvalue weighted by molar-refractivity contribution is 4.91. The lowest BCUT2D eigenvalue weighted by Crippen LogP contribution is -2.49. The summed E-state index contributed by atoms with van der Waals surface area (Å²) in [4.78, 5) is 2.65. The van der Waals surface area contributed by atoms with Gasteiger partial charge < -0.3 is 5.32 Å². The Morgan fingerprint density at radius 2 is 2.31 bits per heavy atom. The topological polar surface area (TPSA) is 15.3 Å². The SMILES string of the molecule is CCC(C)N1CCC2CCNC2C1. The molecule has 2 saturated heterocycles. The maximum Gasteiger partial charge on any atom is 0.0224 e. The fraction of sp³-hybridized carbons (Fsp3) is 1.00. The Morgan fingerprint density at radius 3 is 3.08 bits per heavy atom. The predicted molar refractivity (Wildman–Crippen MR) is 55.8 cm³/mol. The minimum absolute atomic E-state index is 0.781. The highest BCUT2D eigenvalue weighted by Crippen LogP contribution is 2.26. The fourth-order valence-corrected chi connectivity index (χ4v) is 2.72. The monoisotopic (exact) mass is 182 g/mol. The quantitative estimate of drug-likeness (QED) is 0.695. The molecule has 0 aromatic heterocycles. The molecule has 0 spiro atoms. The average molecular weight is 182 g/mol. The Kier molecular flexibility index (Phi) is 2.89. The lowest BCUT2D eigenvalue weighted by molar-refractivity contribution is 0.124. The third-order valence-electron chi connectivity index (χ3n) is 3.92. The minimum Gasteiger partial charge on any atom is -0.312 e. The molecule has 3 unspecified atom stereocenters. The smallest absolute Gasteiger partial charge is 0.0224 e. The standard InChI is InChI=1S/C11H22N2/c1-3-9(2)13-7-5-10-4-6-12-11(10)8-13/h9-12H,3-8H2,1-2H3. The Hall–Kier alpha value is -0.0800. The molecule has 2 aliphatic heterocycles. The van der Waals surface area contributed by atoms with E-state index < -0.39 is 0 Å². The zero-order valence-corrected chi connectivity index (χ0v) is 8.92. The molecule has 0 amide bonds. The molecular weight excluding hydrogens is 160 g/mol. The minimum atomic E-state index is 0.781. The van der Waals surface area contributed by atoms with Gasteiger partial charge in [0.05, 0.1) is 0 Å². The van der Waals surface area contributed by atoms with Gasteiger partial charge in [0.15, 0.2) is 0 Å². The molecule has 2 aliphatic rings. The predicted octanol–water partition coefficient (Wildman–Crippen LogP) is 1.47. The second-order valence-corrected chi connectivity index (χ2v) is 4.65. The van der Waals surface area contributed by atoms with Crippen LogP contribution in [0.25, 0.3) is 0 Å². The molecule has 2 heterocycles. The molecule has 0 saturated carbocycles. The third-order valence-corrected chi connectivity index (χ3v) is 3.92. The molecule has 2 rings (SSSR count). The number of hydrogen-bond acceptors (Lipinski definition) is 2. The van der Waals surface area contributed by atoms with Crippen molar-refractivity contribution in [2.24, 2.45) is 5.92 Å². The van der Waals surface area contributed by atoms with Gasteiger partial charge in [0.25, 0.3) is 0 Å². The average Bonchev–Trinajstić information content (AvgIpc) is 2.63. The fourth-order valence-electron chi connectivity index (χ4n) is 2.72. The summed E-state index contributed by atoms with van der Waals surface area (Å²) in [5, 5.41) is 3.63. The van der Waals surface area contributed by atoms with Crippen LogP contribution in [0.3, 0.4) is 0 Å². The van der Waals surface area contributed by atoms with E-state index in [0.29, 0.717) is 0 Å². The van der Waals surface area contributed by atoms with Gasteiger partial charge >= 0.3 is 0 Å². The summed E-state index contributed by atoms with van der Waals surface area (Å²) in [6.45, 7) is 8.52. The molecule has 0 aliphatic carbocycles. The van der Waals surface area contributed by atoms with Crippen LogP contribution in [0.15, 0.2) is 0 Å². The molecule has 13 heavy (non-hydrogen) atoms. The van der Waals surface area contributed by atoms with Crippen molar-refractivity contribution in [1.29, 1.82) is 0 Å². The van der Waals surface area contributed by atoms with Crippen molar-refractivity contribution in [2.75, 3.05) is 19.6 Å². The van der Waals surface area contributed by atoms with Gasteiger partial charge in [0, 0.05) is 18.6 Å². The summed E-state index contributed by atoms with van der Waals surface area (Å²) in [6, 6.07) is 1.59. The highest BCUT2D eigenvalue weighted by atomic mass is 15.2. The van der Waals surface area contributed by atoms with Crippen LogP contribution >= 0.6 is 0 Å². The Bertz CT molecular complexity index is 169. The van der Waals surface area contributed by atoms with Crippen LogP contribution in [0.4, 0.5) is 0 Å². The Morgan fingerprint density at radius 1 is 1.46 bits per heavy atom. The largest absolute Gasteiger partial charge is 0.312 e. The van der Waals surface area contributed by atoms with Crippen molar-refractivity contribution in [3.05, 3.63) is 0 Å². The summed E-state index contributed by atoms with van der Waals surface area (Å²) in [5.41, 5.74) is 0. The summed E-state index contributed by atoms with van der Waals surface area (Å²) in [5.74, 6) is 0.986. The lowest BCUT2D eigenvalue weighted by Gasteiger charge is -2.38. The molecule has 0 bridgehead atoms. The van der Waals surface area contributed by atoms with Crippen LogP contribution < -0.4 is 5.32 Å². The van der Waals surface area contributed by atoms with Crippen LogP contribution in [0.5, 0.6) is 0 Å². The second-order valence-electron chi connectivity index (χ2n) is 4.65. The van der Waals surface area contributed by atoms with E-state index in [-0.39, 0.29) is 0 Å². The van der Waals surface area contributed by atoms with Gasteiger partial charge in [-0.15, -0.1) is 0 Å². The van der Waals surface area contributed by atoms with Gasteiger partial charge in [-0.05, 0) is 45.2 Å². The maximum atomic E-state index is 3.63. The van der Waals surface area contributed by atoms with Gasteiger partial charge in [-0.3, -0.25) is 4.90 Å². The summed E-state index contributed by atoms with van der Waals surface area (Å²) < 4.78 is 0. The van der Waals surface area contributed by atoms with E-state index in [1.165, 1.54) is 38.9 Å². The molecule has 3 atom stereocenters. The third kappa shape index (κ3) is 1.89. The van der Waals surface area contributed by atoms with Crippen LogP contribution in [0.1, 0.15) is 33.1 Å². The van der Waals surface area contributed by atoms with E-state index in [4.69, 9.17) is 0 Å². The highest BCUT2D eigenvalue weighted by Gasteiger charge is 2.33. The number of likely N-dealkylation sites (tertiary alicyclic amines) is 1. The molecule has 0 aromatic carbocycles. The number of rotatable bonds is 2. The summed E-state index contributed by atoms with van der Waals surface area (Å²) in [6.07, 6.45) is 4.12. The van der Waals surface area contributed by atoms with Gasteiger partial charge in [-0.25, -0.2) is 0 Å². The van der Waals surface area contributed by atoms with Gasteiger partial charge in [-0.2, -0.15) is 0 Å². The molecule has 0 aromatic rings. The normalized spacial score (nSPS) is 37.4. The van der Waals surface area contributed by atoms with Crippen LogP contribution in [0, 0.1) is 5.92 Å². The summed E-state index contributed by atoms with van der Waals surface area (Å²) >= 11 is 0.